The quantitative estimate of drug-likeness (QED) is 0.199. The van der Waals surface area contributed by atoms with Gasteiger partial charge < -0.3 is 15.1 Å². The van der Waals surface area contributed by atoms with E-state index in [1.54, 1.807) is 35.2 Å². The first-order valence-corrected chi connectivity index (χ1v) is 14.2. The van der Waals surface area contributed by atoms with Crippen molar-refractivity contribution in [2.75, 3.05) is 12.0 Å². The maximum absolute atomic E-state index is 13.3. The molecule has 7 nitrogen and oxygen atoms in total. The second kappa shape index (κ2) is 11.2. The van der Waals surface area contributed by atoms with E-state index in [2.05, 4.69) is 4.18 Å². The van der Waals surface area contributed by atoms with Crippen LogP contribution in [-0.4, -0.2) is 31.6 Å². The molecule has 1 saturated heterocycles. The van der Waals surface area contributed by atoms with Gasteiger partial charge >= 0.3 is 0 Å². The van der Waals surface area contributed by atoms with Crippen molar-refractivity contribution < 1.29 is 32.0 Å². The topological polar surface area (TPSA) is 104 Å². The van der Waals surface area contributed by atoms with Crippen LogP contribution in [0.5, 0.6) is 5.75 Å². The SMILES string of the molecule is COS(=O)(=O)c1cccc(-c2ccc([C@@H]3[C@@H](CCC(O)c4ccc(F)cc4)C(=O)N3c3ccccc3)c(O)c2)c1. The molecule has 0 spiro atoms. The average molecular weight is 562 g/mol. The molecule has 1 heterocycles. The Morgan fingerprint density at radius 1 is 0.925 bits per heavy atom. The lowest BCUT2D eigenvalue weighted by Gasteiger charge is -2.48. The van der Waals surface area contributed by atoms with E-state index in [0.29, 0.717) is 34.4 Å². The summed E-state index contributed by atoms with van der Waals surface area (Å²) >= 11 is 0. The summed E-state index contributed by atoms with van der Waals surface area (Å²) in [5, 5.41) is 21.8. The van der Waals surface area contributed by atoms with Crippen LogP contribution in [0.25, 0.3) is 11.1 Å². The highest BCUT2D eigenvalue weighted by molar-refractivity contribution is 7.86. The number of benzene rings is 4. The van der Waals surface area contributed by atoms with Crippen molar-refractivity contribution in [1.82, 2.24) is 0 Å². The Bertz CT molecular complexity index is 1630. The molecule has 1 aliphatic heterocycles. The van der Waals surface area contributed by atoms with Crippen molar-refractivity contribution in [1.29, 1.82) is 0 Å². The van der Waals surface area contributed by atoms with Gasteiger partial charge in [-0.2, -0.15) is 8.42 Å². The number of anilines is 1. The Labute approximate surface area is 232 Å². The maximum Gasteiger partial charge on any atom is 0.296 e. The first-order chi connectivity index (χ1) is 19.2. The molecule has 206 valence electrons. The van der Waals surface area contributed by atoms with Crippen LogP contribution < -0.4 is 4.90 Å². The Morgan fingerprint density at radius 2 is 1.62 bits per heavy atom. The molecular formula is C31H28FNO6S. The molecule has 9 heteroatoms. The van der Waals surface area contributed by atoms with Gasteiger partial charge in [-0.15, -0.1) is 0 Å². The van der Waals surface area contributed by atoms with Gasteiger partial charge in [-0.3, -0.25) is 8.98 Å². The van der Waals surface area contributed by atoms with Crippen molar-refractivity contribution in [3.8, 4) is 16.9 Å². The molecule has 0 aromatic heterocycles. The second-order valence-corrected chi connectivity index (χ2v) is 11.4. The number of aliphatic hydroxyl groups excluding tert-OH is 1. The Morgan fingerprint density at radius 3 is 2.30 bits per heavy atom. The normalized spacial score (nSPS) is 17.9. The Hall–Kier alpha value is -4.05. The van der Waals surface area contributed by atoms with E-state index in [4.69, 9.17) is 0 Å². The highest BCUT2D eigenvalue weighted by Gasteiger charge is 2.49. The third-order valence-corrected chi connectivity index (χ3v) is 8.55. The molecule has 0 saturated carbocycles. The molecule has 5 rings (SSSR count). The minimum absolute atomic E-state index is 0.00400. The largest absolute Gasteiger partial charge is 0.508 e. The summed E-state index contributed by atoms with van der Waals surface area (Å²) in [5.74, 6) is -1.06. The van der Waals surface area contributed by atoms with Gasteiger partial charge in [0, 0.05) is 11.3 Å². The molecule has 4 aromatic carbocycles. The lowest BCUT2D eigenvalue weighted by atomic mass is 9.77. The van der Waals surface area contributed by atoms with Crippen LogP contribution in [0.15, 0.2) is 102 Å². The third kappa shape index (κ3) is 5.36. The summed E-state index contributed by atoms with van der Waals surface area (Å²) < 4.78 is 42.2. The van der Waals surface area contributed by atoms with Crippen LogP contribution in [0.1, 0.15) is 36.1 Å². The fourth-order valence-corrected chi connectivity index (χ4v) is 5.86. The number of carbonyl (C=O) groups is 1. The summed E-state index contributed by atoms with van der Waals surface area (Å²) in [6.45, 7) is 0. The van der Waals surface area contributed by atoms with Crippen LogP contribution in [0.3, 0.4) is 0 Å². The summed E-state index contributed by atoms with van der Waals surface area (Å²) in [4.78, 5) is 15.0. The zero-order valence-corrected chi connectivity index (χ0v) is 22.5. The molecule has 4 aromatic rings. The highest BCUT2D eigenvalue weighted by Crippen LogP contribution is 2.49. The first-order valence-electron chi connectivity index (χ1n) is 12.8. The molecule has 2 N–H and O–H groups in total. The number of nitrogens with zero attached hydrogens (tertiary/aromatic N) is 1. The number of carbonyl (C=O) groups excluding carboxylic acids is 1. The molecule has 0 radical (unpaired) electrons. The lowest BCUT2D eigenvalue weighted by Crippen LogP contribution is -2.55. The molecule has 1 aliphatic rings. The predicted molar refractivity (Wildman–Crippen MR) is 148 cm³/mol. The van der Waals surface area contributed by atoms with Crippen LogP contribution >= 0.6 is 0 Å². The van der Waals surface area contributed by atoms with E-state index in [1.165, 1.54) is 36.4 Å². The Balaban J connectivity index is 1.44. The molecule has 40 heavy (non-hydrogen) atoms. The number of aromatic hydroxyl groups is 1. The van der Waals surface area contributed by atoms with Crippen molar-refractivity contribution in [3.63, 3.8) is 0 Å². The molecule has 1 fully saturated rings. The molecule has 1 unspecified atom stereocenters. The zero-order valence-electron chi connectivity index (χ0n) is 21.6. The van der Waals surface area contributed by atoms with E-state index < -0.39 is 34.0 Å². The predicted octanol–water partition coefficient (Wildman–Crippen LogP) is 5.75. The summed E-state index contributed by atoms with van der Waals surface area (Å²) in [6, 6.07) is 25.5. The van der Waals surface area contributed by atoms with Gasteiger partial charge in [-0.25, -0.2) is 4.39 Å². The number of rotatable bonds is 9. The van der Waals surface area contributed by atoms with Crippen molar-refractivity contribution in [2.24, 2.45) is 5.92 Å². The maximum atomic E-state index is 13.3. The summed E-state index contributed by atoms with van der Waals surface area (Å²) in [5.41, 5.74) is 2.95. The summed E-state index contributed by atoms with van der Waals surface area (Å²) in [6.07, 6.45) is -0.240. The van der Waals surface area contributed by atoms with Gasteiger partial charge in [0.2, 0.25) is 5.91 Å². The van der Waals surface area contributed by atoms with E-state index in [0.717, 1.165) is 7.11 Å². The van der Waals surface area contributed by atoms with Crippen LogP contribution in [-0.2, 0) is 19.1 Å². The average Bonchev–Trinajstić information content (AvgIpc) is 2.97. The van der Waals surface area contributed by atoms with E-state index in [-0.39, 0.29) is 23.0 Å². The van der Waals surface area contributed by atoms with Gasteiger partial charge in [0.05, 0.1) is 30.1 Å². The zero-order chi connectivity index (χ0) is 28.4. The fraction of sp³-hybridized carbons (Fsp3) is 0.194. The minimum atomic E-state index is -3.89. The standard InChI is InChI=1S/C31H28FNO6S/c1-39-40(37,38)25-9-5-6-21(18-25)22-12-15-26(29(35)19-22)30-27(31(36)33(30)24-7-3-2-4-8-24)16-17-28(34)20-10-13-23(32)14-11-20/h2-15,18-19,27-28,30,34-35H,16-17H2,1H3/t27-,28?,30-/m1/s1. The molecule has 0 aliphatic carbocycles. The highest BCUT2D eigenvalue weighted by atomic mass is 32.2. The minimum Gasteiger partial charge on any atom is -0.508 e. The fourth-order valence-electron chi connectivity index (χ4n) is 5.15. The van der Waals surface area contributed by atoms with Gasteiger partial charge in [0.15, 0.2) is 0 Å². The number of aliphatic hydroxyl groups is 1. The third-order valence-electron chi connectivity index (χ3n) is 7.28. The van der Waals surface area contributed by atoms with E-state index in [9.17, 15) is 27.8 Å². The molecular weight excluding hydrogens is 533 g/mol. The molecule has 0 bridgehead atoms. The van der Waals surface area contributed by atoms with Crippen molar-refractivity contribution in [2.45, 2.75) is 29.9 Å². The monoisotopic (exact) mass is 561 g/mol. The van der Waals surface area contributed by atoms with E-state index >= 15 is 0 Å². The van der Waals surface area contributed by atoms with Crippen LogP contribution in [0.2, 0.25) is 0 Å². The number of phenolic OH excluding ortho intramolecular Hbond substituents is 1. The molecule has 1 amide bonds. The smallest absolute Gasteiger partial charge is 0.296 e. The summed E-state index contributed by atoms with van der Waals surface area (Å²) in [7, 11) is -2.79. The number of amides is 1. The Kier molecular flexibility index (Phi) is 7.71. The number of phenols is 1. The van der Waals surface area contributed by atoms with Gasteiger partial charge in [-0.1, -0.05) is 54.6 Å². The van der Waals surface area contributed by atoms with Crippen LogP contribution in [0.4, 0.5) is 10.1 Å². The number of hydrogen-bond donors (Lipinski definition) is 2. The lowest BCUT2D eigenvalue weighted by molar-refractivity contribution is -0.131. The van der Waals surface area contributed by atoms with Gasteiger partial charge in [-0.05, 0) is 72.0 Å². The van der Waals surface area contributed by atoms with E-state index in [1.807, 2.05) is 30.3 Å². The van der Waals surface area contributed by atoms with Crippen molar-refractivity contribution in [3.05, 3.63) is 114 Å². The van der Waals surface area contributed by atoms with Crippen molar-refractivity contribution >= 4 is 21.7 Å². The number of β-lactam (4-membered cyclic amide) rings is 1. The van der Waals surface area contributed by atoms with Gasteiger partial charge in [0.1, 0.15) is 11.6 Å². The van der Waals surface area contributed by atoms with Gasteiger partial charge in [0.25, 0.3) is 10.1 Å². The number of para-hydroxylation sites is 1. The molecule has 3 atom stereocenters. The van der Waals surface area contributed by atoms with Crippen LogP contribution in [0, 0.1) is 11.7 Å². The first kappa shape index (κ1) is 27.5. The second-order valence-electron chi connectivity index (χ2n) is 9.66. The number of halogens is 1. The number of hydrogen-bond acceptors (Lipinski definition) is 6.